The second-order valence-corrected chi connectivity index (χ2v) is 7.58. The summed E-state index contributed by atoms with van der Waals surface area (Å²) in [5.74, 6) is 2.04. The molecule has 0 saturated carbocycles. The Kier molecular flexibility index (Phi) is 5.41. The van der Waals surface area contributed by atoms with Crippen molar-refractivity contribution in [3.05, 3.63) is 33.9 Å². The van der Waals surface area contributed by atoms with Gasteiger partial charge in [0.25, 0.3) is 5.69 Å². The highest BCUT2D eigenvalue weighted by Gasteiger charge is 2.37. The van der Waals surface area contributed by atoms with Crippen molar-refractivity contribution in [3.8, 4) is 0 Å². The standard InChI is InChI=1S/C16H20N4O3S.ClH/c21-16(18-5-6-24-10-18)14-8-13(9-17-14)19-4-3-11-7-12(20(22)23)1-2-15(11)19;/h1-2,7,13-14,17H,3-6,8-10H2;1H/t13-,14-;/m0./s1. The molecule has 2 saturated heterocycles. The lowest BCUT2D eigenvalue weighted by Gasteiger charge is -2.26. The molecular formula is C16H21ClN4O3S. The van der Waals surface area contributed by atoms with Crippen LogP contribution in [0, 0.1) is 10.1 Å². The molecule has 3 aliphatic heterocycles. The fourth-order valence-electron chi connectivity index (χ4n) is 3.86. The van der Waals surface area contributed by atoms with Crippen LogP contribution in [-0.4, -0.2) is 59.1 Å². The summed E-state index contributed by atoms with van der Waals surface area (Å²) >= 11 is 1.80. The van der Waals surface area contributed by atoms with Crippen LogP contribution in [0.15, 0.2) is 18.2 Å². The Hall–Kier alpha value is -1.51. The summed E-state index contributed by atoms with van der Waals surface area (Å²) in [5, 5.41) is 14.3. The van der Waals surface area contributed by atoms with E-state index in [0.717, 1.165) is 55.4 Å². The molecule has 0 aliphatic carbocycles. The molecule has 1 amide bonds. The number of anilines is 1. The Labute approximate surface area is 156 Å². The second-order valence-electron chi connectivity index (χ2n) is 6.50. The Morgan fingerprint density at radius 3 is 2.92 bits per heavy atom. The van der Waals surface area contributed by atoms with E-state index in [1.807, 2.05) is 11.0 Å². The van der Waals surface area contributed by atoms with Crippen molar-refractivity contribution in [3.63, 3.8) is 0 Å². The van der Waals surface area contributed by atoms with Gasteiger partial charge in [-0.2, -0.15) is 0 Å². The number of carbonyl (C=O) groups is 1. The average molecular weight is 385 g/mol. The predicted octanol–water partition coefficient (Wildman–Crippen LogP) is 1.64. The molecule has 1 aromatic carbocycles. The van der Waals surface area contributed by atoms with Crippen LogP contribution >= 0.6 is 24.2 Å². The van der Waals surface area contributed by atoms with Crippen molar-refractivity contribution in [1.82, 2.24) is 10.2 Å². The molecule has 7 nitrogen and oxygen atoms in total. The molecule has 0 radical (unpaired) electrons. The third kappa shape index (κ3) is 3.43. The predicted molar refractivity (Wildman–Crippen MR) is 101 cm³/mol. The Morgan fingerprint density at radius 2 is 2.20 bits per heavy atom. The van der Waals surface area contributed by atoms with Gasteiger partial charge in [0, 0.05) is 49.2 Å². The summed E-state index contributed by atoms with van der Waals surface area (Å²) in [5.41, 5.74) is 2.27. The van der Waals surface area contributed by atoms with Crippen molar-refractivity contribution in [2.24, 2.45) is 0 Å². The van der Waals surface area contributed by atoms with Crippen LogP contribution in [-0.2, 0) is 11.2 Å². The summed E-state index contributed by atoms with van der Waals surface area (Å²) in [6, 6.07) is 5.28. The van der Waals surface area contributed by atoms with Gasteiger partial charge in [0.2, 0.25) is 5.91 Å². The van der Waals surface area contributed by atoms with E-state index in [-0.39, 0.29) is 41.0 Å². The molecule has 3 aliphatic rings. The van der Waals surface area contributed by atoms with Crippen molar-refractivity contribution < 1.29 is 9.72 Å². The molecular weight excluding hydrogens is 364 g/mol. The van der Waals surface area contributed by atoms with Gasteiger partial charge in [0.1, 0.15) is 0 Å². The maximum Gasteiger partial charge on any atom is 0.269 e. The highest BCUT2D eigenvalue weighted by Crippen LogP contribution is 2.34. The molecule has 0 bridgehead atoms. The van der Waals surface area contributed by atoms with E-state index < -0.39 is 0 Å². The number of fused-ring (bicyclic) bond motifs is 1. The van der Waals surface area contributed by atoms with Gasteiger partial charge in [-0.25, -0.2) is 0 Å². The second kappa shape index (κ2) is 7.39. The van der Waals surface area contributed by atoms with Gasteiger partial charge in [0.15, 0.2) is 0 Å². The molecule has 25 heavy (non-hydrogen) atoms. The normalized spacial score (nSPS) is 25.0. The summed E-state index contributed by atoms with van der Waals surface area (Å²) in [7, 11) is 0. The molecule has 1 N–H and O–H groups in total. The minimum atomic E-state index is -0.344. The number of thioether (sulfide) groups is 1. The lowest BCUT2D eigenvalue weighted by Crippen LogP contribution is -2.42. The minimum absolute atomic E-state index is 0. The Bertz CT molecular complexity index is 683. The maximum atomic E-state index is 12.5. The zero-order valence-corrected chi connectivity index (χ0v) is 15.4. The van der Waals surface area contributed by atoms with E-state index in [1.165, 1.54) is 0 Å². The van der Waals surface area contributed by atoms with Crippen molar-refractivity contribution >= 4 is 41.5 Å². The highest BCUT2D eigenvalue weighted by atomic mass is 35.5. The number of nitrogens with one attached hydrogen (secondary N) is 1. The number of carbonyl (C=O) groups excluding carboxylic acids is 1. The summed E-state index contributed by atoms with van der Waals surface area (Å²) in [6.45, 7) is 2.50. The highest BCUT2D eigenvalue weighted by molar-refractivity contribution is 7.99. The van der Waals surface area contributed by atoms with Crippen LogP contribution in [0.1, 0.15) is 12.0 Å². The number of benzene rings is 1. The molecule has 1 aromatic rings. The van der Waals surface area contributed by atoms with E-state index in [9.17, 15) is 14.9 Å². The smallest absolute Gasteiger partial charge is 0.269 e. The Balaban J connectivity index is 0.00000182. The maximum absolute atomic E-state index is 12.5. The molecule has 0 aromatic heterocycles. The zero-order valence-electron chi connectivity index (χ0n) is 13.7. The topological polar surface area (TPSA) is 78.7 Å². The number of rotatable bonds is 3. The molecule has 0 spiro atoms. The van der Waals surface area contributed by atoms with Gasteiger partial charge in [-0.1, -0.05) is 0 Å². The summed E-state index contributed by atoms with van der Waals surface area (Å²) < 4.78 is 0. The van der Waals surface area contributed by atoms with Crippen molar-refractivity contribution in [2.75, 3.05) is 36.2 Å². The molecule has 3 heterocycles. The number of amides is 1. The van der Waals surface area contributed by atoms with Crippen LogP contribution in [0.25, 0.3) is 0 Å². The SMILES string of the molecule is Cl.O=C([C@@H]1C[C@H](N2CCc3cc([N+](=O)[O-])ccc32)CN1)N1CCSC1. The number of nitrogens with zero attached hydrogens (tertiary/aromatic N) is 3. The first-order chi connectivity index (χ1) is 11.6. The van der Waals surface area contributed by atoms with Gasteiger partial charge >= 0.3 is 0 Å². The zero-order chi connectivity index (χ0) is 16.7. The van der Waals surface area contributed by atoms with Crippen LogP contribution in [0.5, 0.6) is 0 Å². The lowest BCUT2D eigenvalue weighted by molar-refractivity contribution is -0.384. The van der Waals surface area contributed by atoms with E-state index in [4.69, 9.17) is 0 Å². The van der Waals surface area contributed by atoms with Gasteiger partial charge in [-0.3, -0.25) is 14.9 Å². The quantitative estimate of drug-likeness (QED) is 0.630. The number of hydrogen-bond donors (Lipinski definition) is 1. The average Bonchev–Trinajstić information content (AvgIpc) is 3.32. The van der Waals surface area contributed by atoms with Gasteiger partial charge in [-0.15, -0.1) is 24.2 Å². The van der Waals surface area contributed by atoms with Crippen molar-refractivity contribution in [2.45, 2.75) is 24.9 Å². The lowest BCUT2D eigenvalue weighted by atomic mass is 10.1. The summed E-state index contributed by atoms with van der Waals surface area (Å²) in [6.07, 6.45) is 1.63. The molecule has 4 rings (SSSR count). The van der Waals surface area contributed by atoms with Gasteiger partial charge in [0.05, 0.1) is 16.8 Å². The largest absolute Gasteiger partial charge is 0.367 e. The first kappa shape index (κ1) is 18.3. The molecule has 2 fully saturated rings. The first-order valence-corrected chi connectivity index (χ1v) is 9.43. The third-order valence-electron chi connectivity index (χ3n) is 5.12. The monoisotopic (exact) mass is 384 g/mol. The van der Waals surface area contributed by atoms with Crippen LogP contribution < -0.4 is 10.2 Å². The summed E-state index contributed by atoms with van der Waals surface area (Å²) in [4.78, 5) is 27.3. The van der Waals surface area contributed by atoms with Crippen LogP contribution in [0.4, 0.5) is 11.4 Å². The first-order valence-electron chi connectivity index (χ1n) is 8.27. The minimum Gasteiger partial charge on any atom is -0.367 e. The third-order valence-corrected chi connectivity index (χ3v) is 6.08. The fourth-order valence-corrected chi connectivity index (χ4v) is 4.81. The molecule has 9 heteroatoms. The number of nitro benzene ring substituents is 1. The van der Waals surface area contributed by atoms with Crippen LogP contribution in [0.2, 0.25) is 0 Å². The van der Waals surface area contributed by atoms with E-state index in [0.29, 0.717) is 0 Å². The fraction of sp³-hybridized carbons (Fsp3) is 0.562. The number of halogens is 1. The Morgan fingerprint density at radius 1 is 1.36 bits per heavy atom. The van der Waals surface area contributed by atoms with Gasteiger partial charge in [-0.05, 0) is 24.5 Å². The van der Waals surface area contributed by atoms with E-state index in [1.54, 1.807) is 23.9 Å². The molecule has 2 atom stereocenters. The van der Waals surface area contributed by atoms with E-state index in [2.05, 4.69) is 10.2 Å². The molecule has 136 valence electrons. The van der Waals surface area contributed by atoms with Gasteiger partial charge < -0.3 is 15.1 Å². The van der Waals surface area contributed by atoms with Crippen LogP contribution in [0.3, 0.4) is 0 Å². The number of nitro groups is 1. The molecule has 0 unspecified atom stereocenters. The van der Waals surface area contributed by atoms with E-state index >= 15 is 0 Å². The number of hydrogen-bond acceptors (Lipinski definition) is 6. The van der Waals surface area contributed by atoms with Crippen molar-refractivity contribution in [1.29, 1.82) is 0 Å². The number of non-ortho nitro benzene ring substituents is 1.